The maximum Gasteiger partial charge on any atom is 0.246 e. The highest BCUT2D eigenvalue weighted by atomic mass is 16.5. The summed E-state index contributed by atoms with van der Waals surface area (Å²) in [5.74, 6) is 0.0452. The number of anilines is 1. The van der Waals surface area contributed by atoms with E-state index in [4.69, 9.17) is 10.5 Å². The fourth-order valence-electron chi connectivity index (χ4n) is 2.32. The average molecular weight is 274 g/mol. The molecule has 0 saturated carbocycles. The summed E-state index contributed by atoms with van der Waals surface area (Å²) in [7, 11) is 0. The van der Waals surface area contributed by atoms with Gasteiger partial charge in [0.1, 0.15) is 0 Å². The molecule has 2 rings (SSSR count). The molecular formula is C16H22N2O2. The Balaban J connectivity index is 2.04. The van der Waals surface area contributed by atoms with Crippen LogP contribution < -0.4 is 5.73 Å². The molecule has 2 N–H and O–H groups in total. The van der Waals surface area contributed by atoms with Gasteiger partial charge in [0.25, 0.3) is 0 Å². The van der Waals surface area contributed by atoms with Gasteiger partial charge in [-0.2, -0.15) is 0 Å². The maximum absolute atomic E-state index is 12.3. The third kappa shape index (κ3) is 3.61. The zero-order valence-electron chi connectivity index (χ0n) is 12.1. The molecule has 1 aliphatic heterocycles. The molecule has 1 aliphatic rings. The molecule has 0 bridgehead atoms. The van der Waals surface area contributed by atoms with E-state index < -0.39 is 0 Å². The molecule has 0 aromatic heterocycles. The van der Waals surface area contributed by atoms with E-state index in [-0.39, 0.29) is 18.1 Å². The Labute approximate surface area is 120 Å². The molecule has 20 heavy (non-hydrogen) atoms. The van der Waals surface area contributed by atoms with E-state index in [2.05, 4.69) is 6.92 Å². The Bertz CT molecular complexity index is 482. The summed E-state index contributed by atoms with van der Waals surface area (Å²) in [6, 6.07) is 7.64. The Morgan fingerprint density at radius 2 is 2.15 bits per heavy atom. The number of rotatable bonds is 3. The average Bonchev–Trinajstić information content (AvgIpc) is 2.46. The molecule has 1 amide bonds. The van der Waals surface area contributed by atoms with Gasteiger partial charge in [0.2, 0.25) is 5.91 Å². The van der Waals surface area contributed by atoms with Crippen LogP contribution in [-0.4, -0.2) is 36.1 Å². The number of hydrogen-bond donors (Lipinski definition) is 1. The van der Waals surface area contributed by atoms with Gasteiger partial charge in [0, 0.05) is 18.3 Å². The minimum atomic E-state index is 0.0452. The van der Waals surface area contributed by atoms with Gasteiger partial charge in [-0.25, -0.2) is 0 Å². The third-order valence-electron chi connectivity index (χ3n) is 3.58. The first-order valence-corrected chi connectivity index (χ1v) is 7.06. The van der Waals surface area contributed by atoms with Crippen molar-refractivity contribution in [3.05, 3.63) is 35.9 Å². The number of amides is 1. The maximum atomic E-state index is 12.3. The lowest BCUT2D eigenvalue weighted by Gasteiger charge is -2.37. The monoisotopic (exact) mass is 274 g/mol. The van der Waals surface area contributed by atoms with Crippen LogP contribution in [0.3, 0.4) is 0 Å². The highest BCUT2D eigenvalue weighted by molar-refractivity contribution is 5.92. The Morgan fingerprint density at radius 1 is 1.45 bits per heavy atom. The number of morpholine rings is 1. The number of carbonyl (C=O) groups excluding carboxylic acids is 1. The van der Waals surface area contributed by atoms with Gasteiger partial charge >= 0.3 is 0 Å². The Kier molecular flexibility index (Phi) is 4.79. The molecule has 4 nitrogen and oxygen atoms in total. The molecule has 2 atom stereocenters. The third-order valence-corrected chi connectivity index (χ3v) is 3.58. The van der Waals surface area contributed by atoms with Crippen LogP contribution in [-0.2, 0) is 9.53 Å². The minimum Gasteiger partial charge on any atom is -0.399 e. The van der Waals surface area contributed by atoms with Crippen molar-refractivity contribution in [2.24, 2.45) is 0 Å². The number of hydrogen-bond acceptors (Lipinski definition) is 3. The molecule has 2 unspecified atom stereocenters. The molecule has 0 aliphatic carbocycles. The Morgan fingerprint density at radius 3 is 2.80 bits per heavy atom. The second-order valence-corrected chi connectivity index (χ2v) is 5.20. The van der Waals surface area contributed by atoms with Crippen LogP contribution in [0, 0.1) is 0 Å². The van der Waals surface area contributed by atoms with Crippen LogP contribution in [0.4, 0.5) is 5.69 Å². The van der Waals surface area contributed by atoms with Gasteiger partial charge in [-0.15, -0.1) is 0 Å². The summed E-state index contributed by atoms with van der Waals surface area (Å²) in [6.07, 6.45) is 4.47. The van der Waals surface area contributed by atoms with Crippen molar-refractivity contribution in [1.82, 2.24) is 4.90 Å². The highest BCUT2D eigenvalue weighted by Gasteiger charge is 2.27. The van der Waals surface area contributed by atoms with E-state index in [0.717, 1.165) is 17.7 Å². The highest BCUT2D eigenvalue weighted by Crippen LogP contribution is 2.15. The number of nitrogens with zero attached hydrogens (tertiary/aromatic N) is 1. The second-order valence-electron chi connectivity index (χ2n) is 5.20. The summed E-state index contributed by atoms with van der Waals surface area (Å²) in [4.78, 5) is 14.2. The first-order valence-electron chi connectivity index (χ1n) is 7.06. The van der Waals surface area contributed by atoms with Crippen molar-refractivity contribution in [1.29, 1.82) is 0 Å². The van der Waals surface area contributed by atoms with Crippen LogP contribution in [0.5, 0.6) is 0 Å². The molecule has 1 fully saturated rings. The molecule has 1 aromatic rings. The smallest absolute Gasteiger partial charge is 0.246 e. The quantitative estimate of drug-likeness (QED) is 0.679. The molecule has 1 heterocycles. The zero-order chi connectivity index (χ0) is 14.5. The first kappa shape index (κ1) is 14.6. The van der Waals surface area contributed by atoms with Crippen molar-refractivity contribution < 1.29 is 9.53 Å². The van der Waals surface area contributed by atoms with Gasteiger partial charge in [-0.1, -0.05) is 19.1 Å². The normalized spacial score (nSPS) is 23.2. The number of nitrogens with two attached hydrogens (primary N) is 1. The van der Waals surface area contributed by atoms with E-state index in [0.29, 0.717) is 13.2 Å². The lowest BCUT2D eigenvalue weighted by atomic mass is 10.1. The largest absolute Gasteiger partial charge is 0.399 e. The predicted octanol–water partition coefficient (Wildman–Crippen LogP) is 2.31. The lowest BCUT2D eigenvalue weighted by Crippen LogP contribution is -2.50. The standard InChI is InChI=1S/C16H22N2O2/c1-3-15-11-20-12(2)10-18(15)16(19)9-6-13-4-7-14(17)8-5-13/h4-9,12,15H,3,10-11,17H2,1-2H3/b9-6+. The van der Waals surface area contributed by atoms with Crippen LogP contribution in [0.15, 0.2) is 30.3 Å². The molecule has 4 heteroatoms. The van der Waals surface area contributed by atoms with Gasteiger partial charge in [-0.05, 0) is 37.1 Å². The summed E-state index contributed by atoms with van der Waals surface area (Å²) in [5.41, 5.74) is 7.34. The van der Waals surface area contributed by atoms with Crippen molar-refractivity contribution in [2.75, 3.05) is 18.9 Å². The predicted molar refractivity (Wildman–Crippen MR) is 81.1 cm³/mol. The fraction of sp³-hybridized carbons (Fsp3) is 0.438. The van der Waals surface area contributed by atoms with Crippen LogP contribution in [0.1, 0.15) is 25.8 Å². The molecular weight excluding hydrogens is 252 g/mol. The molecule has 1 saturated heterocycles. The molecule has 1 aromatic carbocycles. The van der Waals surface area contributed by atoms with E-state index in [1.807, 2.05) is 42.2 Å². The van der Waals surface area contributed by atoms with Crippen molar-refractivity contribution >= 4 is 17.7 Å². The number of ether oxygens (including phenoxy) is 1. The number of nitrogen functional groups attached to an aromatic ring is 1. The summed E-state index contributed by atoms with van der Waals surface area (Å²) in [5, 5.41) is 0. The minimum absolute atomic E-state index is 0.0452. The van der Waals surface area contributed by atoms with Gasteiger partial charge in [0.15, 0.2) is 0 Å². The van der Waals surface area contributed by atoms with E-state index >= 15 is 0 Å². The van der Waals surface area contributed by atoms with E-state index in [1.165, 1.54) is 0 Å². The first-order chi connectivity index (χ1) is 9.60. The second kappa shape index (κ2) is 6.57. The fourth-order valence-corrected chi connectivity index (χ4v) is 2.32. The topological polar surface area (TPSA) is 55.6 Å². The summed E-state index contributed by atoms with van der Waals surface area (Å²) in [6.45, 7) is 5.35. The summed E-state index contributed by atoms with van der Waals surface area (Å²) >= 11 is 0. The molecule has 0 radical (unpaired) electrons. The van der Waals surface area contributed by atoms with Crippen LogP contribution in [0.25, 0.3) is 6.08 Å². The lowest BCUT2D eigenvalue weighted by molar-refractivity contribution is -0.138. The Hall–Kier alpha value is -1.81. The van der Waals surface area contributed by atoms with Crippen LogP contribution in [0.2, 0.25) is 0 Å². The molecule has 0 spiro atoms. The van der Waals surface area contributed by atoms with Gasteiger partial charge < -0.3 is 15.4 Å². The van der Waals surface area contributed by atoms with Crippen molar-refractivity contribution in [3.63, 3.8) is 0 Å². The van der Waals surface area contributed by atoms with Gasteiger partial charge in [-0.3, -0.25) is 4.79 Å². The van der Waals surface area contributed by atoms with Crippen molar-refractivity contribution in [3.8, 4) is 0 Å². The van der Waals surface area contributed by atoms with Crippen molar-refractivity contribution in [2.45, 2.75) is 32.4 Å². The van der Waals surface area contributed by atoms with E-state index in [1.54, 1.807) is 6.08 Å². The SMILES string of the molecule is CCC1COC(C)CN1C(=O)/C=C/c1ccc(N)cc1. The van der Waals surface area contributed by atoms with E-state index in [9.17, 15) is 4.79 Å². The summed E-state index contributed by atoms with van der Waals surface area (Å²) < 4.78 is 5.61. The number of benzene rings is 1. The van der Waals surface area contributed by atoms with Gasteiger partial charge in [0.05, 0.1) is 18.8 Å². The number of carbonyl (C=O) groups is 1. The van der Waals surface area contributed by atoms with Crippen LogP contribution >= 0.6 is 0 Å². The zero-order valence-corrected chi connectivity index (χ0v) is 12.1. The molecule has 108 valence electrons.